The Morgan fingerprint density at radius 2 is 1.02 bits per heavy atom. The first-order valence-electron chi connectivity index (χ1n) is 21.5. The van der Waals surface area contributed by atoms with Crippen molar-refractivity contribution < 1.29 is 19.1 Å². The summed E-state index contributed by atoms with van der Waals surface area (Å²) in [6.07, 6.45) is 5.66. The largest absolute Gasteiger partial charge is 0.444 e. The van der Waals surface area contributed by atoms with E-state index in [9.17, 15) is 9.59 Å². The third kappa shape index (κ3) is 13.8. The van der Waals surface area contributed by atoms with E-state index in [2.05, 4.69) is 161 Å². The molecular formula is C52H71Br3N4O4. The van der Waals surface area contributed by atoms with Crippen LogP contribution in [0.25, 0.3) is 0 Å². The number of carbonyl (C=O) groups excluding carboxylic acids is 2. The maximum atomic E-state index is 12.7. The average Bonchev–Trinajstić information content (AvgIpc) is 3.60. The van der Waals surface area contributed by atoms with Gasteiger partial charge < -0.3 is 30.3 Å². The second kappa shape index (κ2) is 21.7. The topological polar surface area (TPSA) is 91.9 Å². The number of alkyl carbamates (subject to hydrolysis) is 2. The number of amides is 2. The first-order valence-corrected chi connectivity index (χ1v) is 23.9. The Labute approximate surface area is 403 Å². The van der Waals surface area contributed by atoms with E-state index in [0.29, 0.717) is 0 Å². The van der Waals surface area contributed by atoms with Crippen LogP contribution in [0.5, 0.6) is 0 Å². The van der Waals surface area contributed by atoms with Gasteiger partial charge in [0.05, 0.1) is 12.1 Å². The SMILES string of the molecule is C.C.CC(C)(C)OC(=O)N[C@@H]1c2ccccc2CC12CCNCC2.Cc1cc(Br)cc(Br)c1.Cc1cc(Br)cc(N2CCC3(CC2)Cc2ccccc2[C@H]3NC(=O)OC(C)(C)C)c1. The van der Waals surface area contributed by atoms with Gasteiger partial charge in [-0.25, -0.2) is 9.59 Å². The van der Waals surface area contributed by atoms with Crippen LogP contribution in [0.15, 0.2) is 98.3 Å². The number of anilines is 1. The molecule has 2 heterocycles. The van der Waals surface area contributed by atoms with Gasteiger partial charge in [-0.3, -0.25) is 0 Å². The smallest absolute Gasteiger partial charge is 0.408 e. The standard InChI is InChI=1S/C25H31BrN2O2.C18H26N2O2.C7H6Br2.2CH4/c1-17-13-19(26)15-20(14-17)28-11-9-25(10-12-28)16-18-7-5-6-8-21(18)22(25)27-23(29)30-24(2,3)4;1-17(2,3)22-16(21)20-15-14-7-5-4-6-13(14)12-18(15)8-10-19-11-9-18;1-5-2-6(8)4-7(9)3-5;;/h5-8,13-15,22H,9-12,16H2,1-4H3,(H,27,29);4-7,15,19H,8-12H2,1-3H3,(H,20,21);2-4H,1H3;2*1H4/t22-;15-;;;/m11.../s1. The van der Waals surface area contributed by atoms with Gasteiger partial charge in [0.15, 0.2) is 0 Å². The number of carbonyl (C=O) groups is 2. The molecule has 4 aromatic carbocycles. The Bertz CT molecular complexity index is 2100. The molecule has 2 aliphatic carbocycles. The summed E-state index contributed by atoms with van der Waals surface area (Å²) in [6.45, 7) is 19.6. The highest BCUT2D eigenvalue weighted by Gasteiger charge is 2.49. The summed E-state index contributed by atoms with van der Waals surface area (Å²) in [6, 6.07) is 29.8. The molecule has 0 unspecified atom stereocenters. The number of hydrogen-bond donors (Lipinski definition) is 3. The van der Waals surface area contributed by atoms with Gasteiger partial charge in [-0.1, -0.05) is 111 Å². The first-order chi connectivity index (χ1) is 28.7. The highest BCUT2D eigenvalue weighted by atomic mass is 79.9. The molecule has 8 rings (SSSR count). The molecule has 2 fully saturated rings. The molecule has 11 heteroatoms. The Morgan fingerprint density at radius 1 is 0.619 bits per heavy atom. The Morgan fingerprint density at radius 3 is 1.43 bits per heavy atom. The second-order valence-electron chi connectivity index (χ2n) is 19.3. The minimum atomic E-state index is -0.503. The van der Waals surface area contributed by atoms with Crippen LogP contribution in [0.2, 0.25) is 0 Å². The van der Waals surface area contributed by atoms with E-state index in [0.717, 1.165) is 78.1 Å². The van der Waals surface area contributed by atoms with E-state index in [1.807, 2.05) is 47.6 Å². The monoisotopic (exact) mass is 1050 g/mol. The van der Waals surface area contributed by atoms with Crippen molar-refractivity contribution in [2.45, 2.75) is 132 Å². The molecule has 4 aromatic rings. The normalized spacial score (nSPS) is 19.1. The van der Waals surface area contributed by atoms with Crippen LogP contribution >= 0.6 is 47.8 Å². The number of hydrogen-bond acceptors (Lipinski definition) is 6. The van der Waals surface area contributed by atoms with Crippen molar-refractivity contribution in [3.63, 3.8) is 0 Å². The third-order valence-electron chi connectivity index (χ3n) is 12.1. The summed E-state index contributed by atoms with van der Waals surface area (Å²) in [5, 5.41) is 9.83. The van der Waals surface area contributed by atoms with Crippen LogP contribution in [0.3, 0.4) is 0 Å². The highest BCUT2D eigenvalue weighted by molar-refractivity contribution is 9.11. The fraction of sp³-hybridized carbons (Fsp3) is 0.500. The lowest BCUT2D eigenvalue weighted by molar-refractivity contribution is 0.0415. The van der Waals surface area contributed by atoms with Gasteiger partial charge in [-0.15, -0.1) is 0 Å². The number of halogens is 3. The number of benzene rings is 4. The van der Waals surface area contributed by atoms with E-state index in [1.54, 1.807) is 0 Å². The number of aryl methyl sites for hydroxylation is 2. The molecule has 8 nitrogen and oxygen atoms in total. The lowest BCUT2D eigenvalue weighted by Gasteiger charge is -2.44. The predicted molar refractivity (Wildman–Crippen MR) is 272 cm³/mol. The lowest BCUT2D eigenvalue weighted by Crippen LogP contribution is -2.47. The van der Waals surface area contributed by atoms with Crippen LogP contribution in [0, 0.1) is 24.7 Å². The van der Waals surface area contributed by atoms with Crippen LogP contribution < -0.4 is 20.9 Å². The third-order valence-corrected chi connectivity index (χ3v) is 13.5. The lowest BCUT2D eigenvalue weighted by atomic mass is 9.72. The summed E-state index contributed by atoms with van der Waals surface area (Å²) in [4.78, 5) is 27.4. The van der Waals surface area contributed by atoms with Gasteiger partial charge in [-0.2, -0.15) is 0 Å². The number of rotatable bonds is 3. The zero-order valence-electron chi connectivity index (χ0n) is 37.0. The van der Waals surface area contributed by atoms with Crippen molar-refractivity contribution >= 4 is 65.7 Å². The van der Waals surface area contributed by atoms with Gasteiger partial charge in [0.1, 0.15) is 11.2 Å². The van der Waals surface area contributed by atoms with E-state index >= 15 is 0 Å². The Balaban J connectivity index is 0.000000231. The number of ether oxygens (including phenoxy) is 2. The zero-order valence-corrected chi connectivity index (χ0v) is 41.8. The quantitative estimate of drug-likeness (QED) is 0.189. The molecule has 2 spiro atoms. The fourth-order valence-electron chi connectivity index (χ4n) is 9.55. The van der Waals surface area contributed by atoms with Crippen molar-refractivity contribution in [3.05, 3.63) is 132 Å². The van der Waals surface area contributed by atoms with Crippen LogP contribution in [-0.4, -0.2) is 49.6 Å². The van der Waals surface area contributed by atoms with Gasteiger partial charge in [0.25, 0.3) is 0 Å². The van der Waals surface area contributed by atoms with Crippen molar-refractivity contribution in [3.8, 4) is 0 Å². The molecule has 0 radical (unpaired) electrons. The van der Waals surface area contributed by atoms with Crippen molar-refractivity contribution in [2.75, 3.05) is 31.1 Å². The van der Waals surface area contributed by atoms with Gasteiger partial charge in [0.2, 0.25) is 0 Å². The number of piperidine rings is 2. The second-order valence-corrected chi connectivity index (χ2v) is 22.1. The summed E-state index contributed by atoms with van der Waals surface area (Å²) >= 11 is 10.4. The molecule has 63 heavy (non-hydrogen) atoms. The van der Waals surface area contributed by atoms with Crippen molar-refractivity contribution in [1.82, 2.24) is 16.0 Å². The average molecular weight is 1060 g/mol. The van der Waals surface area contributed by atoms with E-state index < -0.39 is 11.2 Å². The first kappa shape index (κ1) is 52.2. The molecule has 2 saturated heterocycles. The molecule has 3 N–H and O–H groups in total. The maximum absolute atomic E-state index is 12.7. The maximum Gasteiger partial charge on any atom is 0.408 e. The van der Waals surface area contributed by atoms with E-state index in [4.69, 9.17) is 9.47 Å². The van der Waals surface area contributed by atoms with E-state index in [1.165, 1.54) is 39.1 Å². The predicted octanol–water partition coefficient (Wildman–Crippen LogP) is 14.1. The number of nitrogens with one attached hydrogen (secondary N) is 3. The van der Waals surface area contributed by atoms with Gasteiger partial charge in [-0.05, 0) is 177 Å². The highest BCUT2D eigenvalue weighted by Crippen LogP contribution is 2.53. The summed E-state index contributed by atoms with van der Waals surface area (Å²) < 4.78 is 14.4. The molecular weight excluding hydrogens is 984 g/mol. The summed E-state index contributed by atoms with van der Waals surface area (Å²) in [5.41, 5.74) is 8.21. The van der Waals surface area contributed by atoms with Crippen molar-refractivity contribution in [2.24, 2.45) is 10.8 Å². The van der Waals surface area contributed by atoms with Gasteiger partial charge in [0, 0.05) is 43.0 Å². The molecule has 0 saturated carbocycles. The fourth-order valence-corrected chi connectivity index (χ4v) is 11.7. The molecule has 0 bridgehead atoms. The molecule has 0 aromatic heterocycles. The Kier molecular flexibility index (Phi) is 18.0. The van der Waals surface area contributed by atoms with Crippen LogP contribution in [0.1, 0.15) is 128 Å². The van der Waals surface area contributed by atoms with Gasteiger partial charge >= 0.3 is 12.2 Å². The summed E-state index contributed by atoms with van der Waals surface area (Å²) in [5.74, 6) is 0. The minimum Gasteiger partial charge on any atom is -0.444 e. The molecule has 2 aliphatic heterocycles. The molecule has 2 atom stereocenters. The number of nitrogens with zero attached hydrogens (tertiary/aromatic N) is 1. The minimum absolute atomic E-state index is 0. The van der Waals surface area contributed by atoms with E-state index in [-0.39, 0.29) is 50.0 Å². The summed E-state index contributed by atoms with van der Waals surface area (Å²) in [7, 11) is 0. The molecule has 344 valence electrons. The molecule has 4 aliphatic rings. The zero-order chi connectivity index (χ0) is 44.2. The molecule has 2 amide bonds. The van der Waals surface area contributed by atoms with Crippen LogP contribution in [0.4, 0.5) is 15.3 Å². The Hall–Kier alpha value is -3.38. The number of fused-ring (bicyclic) bond motifs is 2. The van der Waals surface area contributed by atoms with Crippen LogP contribution in [-0.2, 0) is 22.3 Å². The van der Waals surface area contributed by atoms with Crippen molar-refractivity contribution in [1.29, 1.82) is 0 Å².